The van der Waals surface area contributed by atoms with Gasteiger partial charge in [0, 0.05) is 5.92 Å². The van der Waals surface area contributed by atoms with Gasteiger partial charge in [-0.25, -0.2) is 4.79 Å². The summed E-state index contributed by atoms with van der Waals surface area (Å²) in [6.45, 7) is 7.03. The smallest absolute Gasteiger partial charge is 0.400 e. The fourth-order valence-corrected chi connectivity index (χ4v) is 0.745. The first-order valence-electron chi connectivity index (χ1n) is 5.00. The van der Waals surface area contributed by atoms with E-state index in [1.807, 2.05) is 0 Å². The van der Waals surface area contributed by atoms with Gasteiger partial charge in [0.25, 0.3) is 0 Å². The van der Waals surface area contributed by atoms with E-state index < -0.39 is 11.6 Å². The van der Waals surface area contributed by atoms with Gasteiger partial charge >= 0.3 is 11.3 Å². The number of thioether (sulfide) groups is 1. The van der Waals surface area contributed by atoms with Crippen molar-refractivity contribution in [2.75, 3.05) is 6.26 Å². The number of ether oxygens (including phenoxy) is 1. The summed E-state index contributed by atoms with van der Waals surface area (Å²) in [5.41, 5.74) is 0. The number of hydrogen-bond acceptors (Lipinski definition) is 6. The second-order valence-corrected chi connectivity index (χ2v) is 4.58. The van der Waals surface area contributed by atoms with Crippen molar-refractivity contribution in [1.29, 1.82) is 0 Å². The maximum Gasteiger partial charge on any atom is 0.400 e. The first kappa shape index (κ1) is 15.2. The molecule has 0 saturated carbocycles. The molecule has 0 spiro atoms. The van der Waals surface area contributed by atoms with E-state index in [1.54, 1.807) is 34.0 Å². The van der Waals surface area contributed by atoms with Crippen LogP contribution in [0.1, 0.15) is 27.7 Å². The molecule has 0 fully saturated rings. The molecule has 0 radical (unpaired) electrons. The Morgan fingerprint density at radius 2 is 1.69 bits per heavy atom. The summed E-state index contributed by atoms with van der Waals surface area (Å²) in [4.78, 5) is 31.4. The van der Waals surface area contributed by atoms with Gasteiger partial charge in [0.15, 0.2) is 0 Å². The van der Waals surface area contributed by atoms with Crippen molar-refractivity contribution in [1.82, 2.24) is 0 Å². The van der Waals surface area contributed by atoms with Gasteiger partial charge in [0.05, 0.1) is 5.92 Å². The highest BCUT2D eigenvalue weighted by molar-refractivity contribution is 8.12. The Bertz CT molecular complexity index is 239. The Kier molecular flexibility index (Phi) is 7.16. The lowest BCUT2D eigenvalue weighted by Crippen LogP contribution is -2.29. The highest BCUT2D eigenvalue weighted by Gasteiger charge is 2.23. The number of carbonyl (C=O) groups excluding carboxylic acids is 2. The van der Waals surface area contributed by atoms with Gasteiger partial charge in [0.2, 0.25) is 6.29 Å². The second-order valence-electron chi connectivity index (χ2n) is 3.84. The van der Waals surface area contributed by atoms with E-state index in [4.69, 9.17) is 9.62 Å². The van der Waals surface area contributed by atoms with Gasteiger partial charge in [-0.2, -0.15) is 0 Å². The summed E-state index contributed by atoms with van der Waals surface area (Å²) in [5, 5.41) is -0.578. The molecule has 0 N–H and O–H groups in total. The molecule has 16 heavy (non-hydrogen) atoms. The highest BCUT2D eigenvalue weighted by Crippen LogP contribution is 2.13. The molecule has 0 aliphatic rings. The Morgan fingerprint density at radius 1 is 1.12 bits per heavy atom. The molecule has 0 amide bonds. The SMILES string of the molecule is CSC(=O)OOC(OC(=O)C(C)C)C(C)C. The molecule has 0 saturated heterocycles. The molecule has 0 aliphatic carbocycles. The lowest BCUT2D eigenvalue weighted by atomic mass is 10.2. The molecule has 0 aromatic rings. The fourth-order valence-electron chi connectivity index (χ4n) is 0.638. The van der Waals surface area contributed by atoms with Crippen molar-refractivity contribution in [2.45, 2.75) is 34.0 Å². The van der Waals surface area contributed by atoms with Crippen LogP contribution in [0.2, 0.25) is 0 Å². The molecule has 0 aromatic heterocycles. The zero-order valence-electron chi connectivity index (χ0n) is 10.2. The molecule has 1 unspecified atom stereocenters. The van der Waals surface area contributed by atoms with E-state index in [2.05, 4.69) is 4.89 Å². The Labute approximate surface area is 99.7 Å². The van der Waals surface area contributed by atoms with Crippen LogP contribution in [0.25, 0.3) is 0 Å². The van der Waals surface area contributed by atoms with Crippen molar-refractivity contribution in [2.24, 2.45) is 11.8 Å². The Hall–Kier alpha value is -0.750. The number of esters is 1. The normalized spacial score (nSPS) is 12.7. The van der Waals surface area contributed by atoms with Crippen LogP contribution >= 0.6 is 11.8 Å². The van der Waals surface area contributed by atoms with E-state index in [0.29, 0.717) is 0 Å². The van der Waals surface area contributed by atoms with Crippen LogP contribution in [-0.4, -0.2) is 23.8 Å². The van der Waals surface area contributed by atoms with E-state index in [-0.39, 0.29) is 17.8 Å². The third kappa shape index (κ3) is 5.97. The average molecular weight is 250 g/mol. The third-order valence-electron chi connectivity index (χ3n) is 1.63. The molecule has 0 aliphatic heterocycles. The largest absolute Gasteiger partial charge is 0.431 e. The van der Waals surface area contributed by atoms with Crippen LogP contribution in [0, 0.1) is 11.8 Å². The highest BCUT2D eigenvalue weighted by atomic mass is 32.2. The predicted octanol–water partition coefficient (Wildman–Crippen LogP) is 2.60. The van der Waals surface area contributed by atoms with Gasteiger partial charge < -0.3 is 4.74 Å². The summed E-state index contributed by atoms with van der Waals surface area (Å²) in [6.07, 6.45) is 0.696. The molecule has 6 heteroatoms. The Morgan fingerprint density at radius 3 is 2.06 bits per heavy atom. The summed E-state index contributed by atoms with van der Waals surface area (Å²) in [7, 11) is 0. The van der Waals surface area contributed by atoms with Crippen LogP contribution in [-0.2, 0) is 19.3 Å². The van der Waals surface area contributed by atoms with E-state index >= 15 is 0 Å². The minimum absolute atomic E-state index is 0.0997. The lowest BCUT2D eigenvalue weighted by Gasteiger charge is -2.20. The first-order chi connectivity index (χ1) is 7.38. The summed E-state index contributed by atoms with van der Waals surface area (Å²) < 4.78 is 5.02. The number of rotatable bonds is 5. The van der Waals surface area contributed by atoms with Gasteiger partial charge in [-0.05, 0) is 18.0 Å². The van der Waals surface area contributed by atoms with Crippen LogP contribution in [0.15, 0.2) is 0 Å². The predicted molar refractivity (Wildman–Crippen MR) is 60.6 cm³/mol. The summed E-state index contributed by atoms with van der Waals surface area (Å²) in [5.74, 6) is -0.739. The molecule has 94 valence electrons. The van der Waals surface area contributed by atoms with E-state index in [0.717, 1.165) is 11.8 Å². The van der Waals surface area contributed by atoms with Crippen LogP contribution < -0.4 is 0 Å². The molecule has 0 aromatic carbocycles. The van der Waals surface area contributed by atoms with Crippen LogP contribution in [0.3, 0.4) is 0 Å². The molecular formula is C10H18O5S. The van der Waals surface area contributed by atoms with Crippen molar-refractivity contribution >= 4 is 23.0 Å². The van der Waals surface area contributed by atoms with Crippen LogP contribution in [0.5, 0.6) is 0 Å². The van der Waals surface area contributed by atoms with E-state index in [9.17, 15) is 9.59 Å². The topological polar surface area (TPSA) is 61.8 Å². The van der Waals surface area contributed by atoms with Crippen molar-refractivity contribution in [3.05, 3.63) is 0 Å². The molecule has 0 heterocycles. The van der Waals surface area contributed by atoms with Crippen molar-refractivity contribution in [3.63, 3.8) is 0 Å². The van der Waals surface area contributed by atoms with Crippen molar-refractivity contribution < 1.29 is 24.1 Å². The average Bonchev–Trinajstić information content (AvgIpc) is 2.22. The van der Waals surface area contributed by atoms with Gasteiger partial charge in [-0.15, -0.1) is 4.89 Å². The summed E-state index contributed by atoms with van der Waals surface area (Å²) in [6, 6.07) is 0. The lowest BCUT2D eigenvalue weighted by molar-refractivity contribution is -0.336. The minimum Gasteiger partial charge on any atom is -0.431 e. The minimum atomic E-state index is -0.869. The fraction of sp³-hybridized carbons (Fsp3) is 0.800. The maximum absolute atomic E-state index is 11.3. The second kappa shape index (κ2) is 7.51. The standard InChI is InChI=1S/C10H18O5S/c1-6(2)8(11)13-9(7(3)4)14-15-10(12)16-5/h6-7,9H,1-5H3. The molecule has 0 bridgehead atoms. The molecule has 1 atom stereocenters. The molecule has 0 rings (SSSR count). The zero-order valence-corrected chi connectivity index (χ0v) is 11.0. The van der Waals surface area contributed by atoms with Gasteiger partial charge in [-0.3, -0.25) is 9.68 Å². The third-order valence-corrected chi connectivity index (χ3v) is 2.03. The van der Waals surface area contributed by atoms with Crippen LogP contribution in [0.4, 0.5) is 4.79 Å². The van der Waals surface area contributed by atoms with Crippen molar-refractivity contribution in [3.8, 4) is 0 Å². The summed E-state index contributed by atoms with van der Waals surface area (Å²) >= 11 is 0.877. The van der Waals surface area contributed by atoms with Gasteiger partial charge in [0.1, 0.15) is 0 Å². The molecular weight excluding hydrogens is 232 g/mol. The van der Waals surface area contributed by atoms with Gasteiger partial charge in [-0.1, -0.05) is 27.7 Å². The zero-order chi connectivity index (χ0) is 12.7. The van der Waals surface area contributed by atoms with E-state index in [1.165, 1.54) is 0 Å². The number of carbonyl (C=O) groups is 2. The Balaban J connectivity index is 4.18. The monoisotopic (exact) mass is 250 g/mol. The maximum atomic E-state index is 11.3. The quantitative estimate of drug-likeness (QED) is 0.323. The molecule has 5 nitrogen and oxygen atoms in total. The first-order valence-corrected chi connectivity index (χ1v) is 6.22. The number of hydrogen-bond donors (Lipinski definition) is 0.